The second-order valence-electron chi connectivity index (χ2n) is 4.69. The monoisotopic (exact) mass is 272 g/mol. The van der Waals surface area contributed by atoms with Crippen LogP contribution in [-0.2, 0) is 6.54 Å². The maximum absolute atomic E-state index is 6.14. The van der Waals surface area contributed by atoms with Crippen molar-refractivity contribution >= 4 is 23.2 Å². The van der Waals surface area contributed by atoms with Gasteiger partial charge in [0.05, 0.1) is 0 Å². The van der Waals surface area contributed by atoms with Gasteiger partial charge in [-0.1, -0.05) is 29.3 Å². The molecule has 1 saturated heterocycles. The summed E-state index contributed by atoms with van der Waals surface area (Å²) in [6.07, 6.45) is 2.42. The molecule has 1 aliphatic rings. The summed E-state index contributed by atoms with van der Waals surface area (Å²) in [5.74, 6) is 0. The zero-order valence-electron chi connectivity index (χ0n) is 10.0. The van der Waals surface area contributed by atoms with Crippen molar-refractivity contribution in [3.63, 3.8) is 0 Å². The van der Waals surface area contributed by atoms with E-state index in [1.54, 1.807) is 6.07 Å². The van der Waals surface area contributed by atoms with E-state index in [-0.39, 0.29) is 0 Å². The third-order valence-corrected chi connectivity index (χ3v) is 3.90. The Bertz CT molecular complexity index is 374. The fourth-order valence-electron chi connectivity index (χ4n) is 2.13. The van der Waals surface area contributed by atoms with Crippen LogP contribution in [0.1, 0.15) is 18.4 Å². The molecule has 17 heavy (non-hydrogen) atoms. The highest BCUT2D eigenvalue weighted by atomic mass is 35.5. The number of piperidine rings is 1. The largest absolute Gasteiger partial charge is 0.310 e. The highest BCUT2D eigenvalue weighted by Gasteiger charge is 2.16. The predicted molar refractivity (Wildman–Crippen MR) is 73.8 cm³/mol. The van der Waals surface area contributed by atoms with Crippen LogP contribution in [0.4, 0.5) is 0 Å². The maximum atomic E-state index is 6.14. The minimum absolute atomic E-state index is 0.609. The van der Waals surface area contributed by atoms with Crippen LogP contribution in [0, 0.1) is 0 Å². The fourth-order valence-corrected chi connectivity index (χ4v) is 2.61. The second-order valence-corrected chi connectivity index (χ2v) is 5.54. The van der Waals surface area contributed by atoms with Crippen LogP contribution in [-0.4, -0.2) is 31.1 Å². The van der Waals surface area contributed by atoms with Crippen LogP contribution in [0.3, 0.4) is 0 Å². The lowest BCUT2D eigenvalue weighted by molar-refractivity contribution is 0.234. The Kier molecular flexibility index (Phi) is 4.69. The van der Waals surface area contributed by atoms with Crippen molar-refractivity contribution in [3.05, 3.63) is 33.8 Å². The first-order valence-corrected chi connectivity index (χ1v) is 6.76. The third kappa shape index (κ3) is 3.85. The van der Waals surface area contributed by atoms with Gasteiger partial charge in [-0.2, -0.15) is 0 Å². The number of hydrogen-bond donors (Lipinski definition) is 1. The smallest absolute Gasteiger partial charge is 0.0465 e. The van der Waals surface area contributed by atoms with Gasteiger partial charge in [-0.05, 0) is 50.7 Å². The summed E-state index contributed by atoms with van der Waals surface area (Å²) in [4.78, 5) is 2.37. The van der Waals surface area contributed by atoms with E-state index < -0.39 is 0 Å². The molecular formula is C13H18Cl2N2. The zero-order valence-corrected chi connectivity index (χ0v) is 11.6. The molecule has 0 aromatic heterocycles. The van der Waals surface area contributed by atoms with E-state index in [2.05, 4.69) is 17.3 Å². The number of halogens is 2. The van der Waals surface area contributed by atoms with Crippen molar-refractivity contribution in [2.45, 2.75) is 25.4 Å². The van der Waals surface area contributed by atoms with Crippen molar-refractivity contribution < 1.29 is 0 Å². The Labute approximate surface area is 113 Å². The van der Waals surface area contributed by atoms with E-state index in [0.29, 0.717) is 11.1 Å². The zero-order chi connectivity index (χ0) is 12.3. The van der Waals surface area contributed by atoms with E-state index in [0.717, 1.165) is 17.1 Å². The minimum Gasteiger partial charge on any atom is -0.310 e. The summed E-state index contributed by atoms with van der Waals surface area (Å²) in [5.41, 5.74) is 1.12. The average Bonchev–Trinajstić information content (AvgIpc) is 2.30. The van der Waals surface area contributed by atoms with Crippen LogP contribution >= 0.6 is 23.2 Å². The number of likely N-dealkylation sites (tertiary alicyclic amines) is 1. The standard InChI is InChI=1S/C13H18Cl2N2/c1-17-6-4-12(5-7-17)16-9-10-2-3-11(14)8-13(10)15/h2-3,8,12,16H,4-7,9H2,1H3. The molecule has 0 saturated carbocycles. The number of hydrogen-bond acceptors (Lipinski definition) is 2. The SMILES string of the molecule is CN1CCC(NCc2ccc(Cl)cc2Cl)CC1. The Balaban J connectivity index is 1.85. The lowest BCUT2D eigenvalue weighted by Crippen LogP contribution is -2.40. The summed E-state index contributed by atoms with van der Waals surface area (Å²) in [5, 5.41) is 5.01. The lowest BCUT2D eigenvalue weighted by atomic mass is 10.1. The molecule has 1 heterocycles. The highest BCUT2D eigenvalue weighted by molar-refractivity contribution is 6.35. The number of rotatable bonds is 3. The third-order valence-electron chi connectivity index (χ3n) is 3.31. The molecule has 0 bridgehead atoms. The van der Waals surface area contributed by atoms with Crippen molar-refractivity contribution in [1.82, 2.24) is 10.2 Å². The first kappa shape index (κ1) is 13.2. The molecule has 0 unspecified atom stereocenters. The molecule has 1 aromatic rings. The van der Waals surface area contributed by atoms with E-state index in [1.165, 1.54) is 25.9 Å². The van der Waals surface area contributed by atoms with Crippen LogP contribution < -0.4 is 5.32 Å². The molecular weight excluding hydrogens is 255 g/mol. The van der Waals surface area contributed by atoms with Crippen LogP contribution in [0.5, 0.6) is 0 Å². The van der Waals surface area contributed by atoms with Gasteiger partial charge in [0.15, 0.2) is 0 Å². The van der Waals surface area contributed by atoms with Gasteiger partial charge in [0, 0.05) is 22.6 Å². The maximum Gasteiger partial charge on any atom is 0.0465 e. The molecule has 4 heteroatoms. The summed E-state index contributed by atoms with van der Waals surface area (Å²) in [6, 6.07) is 6.29. The van der Waals surface area contributed by atoms with E-state index >= 15 is 0 Å². The normalized spacial score (nSPS) is 18.5. The van der Waals surface area contributed by atoms with E-state index in [1.807, 2.05) is 12.1 Å². The van der Waals surface area contributed by atoms with Gasteiger partial charge in [0.25, 0.3) is 0 Å². The lowest BCUT2D eigenvalue weighted by Gasteiger charge is -2.29. The van der Waals surface area contributed by atoms with Gasteiger partial charge in [0.2, 0.25) is 0 Å². The topological polar surface area (TPSA) is 15.3 Å². The quantitative estimate of drug-likeness (QED) is 0.910. The number of nitrogens with zero attached hydrogens (tertiary/aromatic N) is 1. The fraction of sp³-hybridized carbons (Fsp3) is 0.538. The first-order chi connectivity index (χ1) is 8.15. The van der Waals surface area contributed by atoms with Crippen molar-refractivity contribution in [1.29, 1.82) is 0 Å². The summed E-state index contributed by atoms with van der Waals surface area (Å²) in [7, 11) is 2.17. The van der Waals surface area contributed by atoms with Crippen LogP contribution in [0.25, 0.3) is 0 Å². The summed E-state index contributed by atoms with van der Waals surface area (Å²) < 4.78 is 0. The van der Waals surface area contributed by atoms with Crippen molar-refractivity contribution in [2.24, 2.45) is 0 Å². The van der Waals surface area contributed by atoms with E-state index in [4.69, 9.17) is 23.2 Å². The number of nitrogens with one attached hydrogen (secondary N) is 1. The molecule has 1 aromatic carbocycles. The Morgan fingerprint density at radius 1 is 1.29 bits per heavy atom. The molecule has 2 nitrogen and oxygen atoms in total. The summed E-state index contributed by atoms with van der Waals surface area (Å²) in [6.45, 7) is 3.17. The minimum atomic E-state index is 0.609. The van der Waals surface area contributed by atoms with Crippen molar-refractivity contribution in [3.8, 4) is 0 Å². The molecule has 2 rings (SSSR count). The predicted octanol–water partition coefficient (Wildman–Crippen LogP) is 3.18. The molecule has 94 valence electrons. The molecule has 0 aliphatic carbocycles. The average molecular weight is 273 g/mol. The number of benzene rings is 1. The van der Waals surface area contributed by atoms with E-state index in [9.17, 15) is 0 Å². The molecule has 1 N–H and O–H groups in total. The van der Waals surface area contributed by atoms with Crippen LogP contribution in [0.15, 0.2) is 18.2 Å². The van der Waals surface area contributed by atoms with Gasteiger partial charge >= 0.3 is 0 Å². The van der Waals surface area contributed by atoms with Gasteiger partial charge in [-0.15, -0.1) is 0 Å². The second kappa shape index (κ2) is 6.05. The van der Waals surface area contributed by atoms with Gasteiger partial charge in [-0.3, -0.25) is 0 Å². The molecule has 0 atom stereocenters. The summed E-state index contributed by atoms with van der Waals surface area (Å²) >= 11 is 12.0. The van der Waals surface area contributed by atoms with Gasteiger partial charge < -0.3 is 10.2 Å². The Hall–Kier alpha value is -0.280. The molecule has 1 aliphatic heterocycles. The van der Waals surface area contributed by atoms with Gasteiger partial charge in [0.1, 0.15) is 0 Å². The molecule has 0 spiro atoms. The van der Waals surface area contributed by atoms with Crippen molar-refractivity contribution in [2.75, 3.05) is 20.1 Å². The van der Waals surface area contributed by atoms with Gasteiger partial charge in [-0.25, -0.2) is 0 Å². The first-order valence-electron chi connectivity index (χ1n) is 6.01. The Morgan fingerprint density at radius 2 is 2.00 bits per heavy atom. The van der Waals surface area contributed by atoms with Crippen LogP contribution in [0.2, 0.25) is 10.0 Å². The Morgan fingerprint density at radius 3 is 2.65 bits per heavy atom. The molecule has 1 fully saturated rings. The molecule has 0 radical (unpaired) electrons. The molecule has 0 amide bonds. The highest BCUT2D eigenvalue weighted by Crippen LogP contribution is 2.21.